The van der Waals surface area contributed by atoms with Crippen molar-refractivity contribution in [3.8, 4) is 5.69 Å². The van der Waals surface area contributed by atoms with E-state index in [1.807, 2.05) is 0 Å². The first-order valence-corrected chi connectivity index (χ1v) is 8.29. The fraction of sp³-hybridized carbons (Fsp3) is 0. The fourth-order valence-corrected chi connectivity index (χ4v) is 3.15. The Bertz CT molecular complexity index is 875. The minimum atomic E-state index is -3.58. The molecule has 0 radical (unpaired) electrons. The maximum absolute atomic E-state index is 12.2. The Morgan fingerprint density at radius 3 is 2.27 bits per heavy atom. The summed E-state index contributed by atoms with van der Waals surface area (Å²) in [5, 5.41) is 4.62. The molecule has 0 saturated carbocycles. The number of hydrogen-bond donors (Lipinski definition) is 1. The monoisotopic (exact) mass is 333 g/mol. The normalized spacial score (nSPS) is 11.3. The maximum atomic E-state index is 12.2. The lowest BCUT2D eigenvalue weighted by Crippen LogP contribution is -2.12. The van der Waals surface area contributed by atoms with Crippen LogP contribution in [0.15, 0.2) is 71.9 Å². The topological polar surface area (TPSA) is 64.0 Å². The average Bonchev–Trinajstić information content (AvgIpc) is 2.95. The molecule has 0 aliphatic carbocycles. The number of benzene rings is 2. The van der Waals surface area contributed by atoms with Gasteiger partial charge in [0, 0.05) is 11.9 Å². The van der Waals surface area contributed by atoms with Gasteiger partial charge in [0.15, 0.2) is 0 Å². The smallest absolute Gasteiger partial charge is 0.261 e. The Labute approximate surface area is 133 Å². The van der Waals surface area contributed by atoms with Gasteiger partial charge in [-0.15, -0.1) is 0 Å². The molecule has 1 N–H and O–H groups in total. The SMILES string of the molecule is O=S(=O)(Nc1ccc(-n2cc(Cl)cn2)cc1)c1ccccc1. The summed E-state index contributed by atoms with van der Waals surface area (Å²) in [5.74, 6) is 0. The van der Waals surface area contributed by atoms with Crippen LogP contribution in [-0.2, 0) is 10.0 Å². The van der Waals surface area contributed by atoms with Gasteiger partial charge in [0.25, 0.3) is 10.0 Å². The van der Waals surface area contributed by atoms with Crippen LogP contribution in [-0.4, -0.2) is 18.2 Å². The largest absolute Gasteiger partial charge is 0.280 e. The van der Waals surface area contributed by atoms with Gasteiger partial charge >= 0.3 is 0 Å². The van der Waals surface area contributed by atoms with E-state index in [1.54, 1.807) is 65.5 Å². The first kappa shape index (κ1) is 14.6. The lowest BCUT2D eigenvalue weighted by molar-refractivity contribution is 0.601. The summed E-state index contributed by atoms with van der Waals surface area (Å²) in [6, 6.07) is 15.1. The Morgan fingerprint density at radius 2 is 1.68 bits per heavy atom. The highest BCUT2D eigenvalue weighted by Crippen LogP contribution is 2.18. The fourth-order valence-electron chi connectivity index (χ4n) is 1.94. The zero-order valence-electron chi connectivity index (χ0n) is 11.3. The highest BCUT2D eigenvalue weighted by molar-refractivity contribution is 7.92. The van der Waals surface area contributed by atoms with Crippen LogP contribution >= 0.6 is 11.6 Å². The zero-order valence-corrected chi connectivity index (χ0v) is 12.9. The Kier molecular flexibility index (Phi) is 3.87. The van der Waals surface area contributed by atoms with Crippen molar-refractivity contribution >= 4 is 27.3 Å². The summed E-state index contributed by atoms with van der Waals surface area (Å²) < 4.78 is 28.6. The van der Waals surface area contributed by atoms with Crippen LogP contribution in [0.2, 0.25) is 5.02 Å². The predicted molar refractivity (Wildman–Crippen MR) is 85.8 cm³/mol. The van der Waals surface area contributed by atoms with E-state index in [9.17, 15) is 8.42 Å². The molecule has 3 rings (SSSR count). The Balaban J connectivity index is 1.82. The van der Waals surface area contributed by atoms with E-state index in [1.165, 1.54) is 6.20 Å². The van der Waals surface area contributed by atoms with E-state index >= 15 is 0 Å². The average molecular weight is 334 g/mol. The summed E-state index contributed by atoms with van der Waals surface area (Å²) >= 11 is 5.82. The molecule has 0 amide bonds. The first-order valence-electron chi connectivity index (χ1n) is 6.43. The number of anilines is 1. The molecule has 5 nitrogen and oxygen atoms in total. The second kappa shape index (κ2) is 5.82. The lowest BCUT2D eigenvalue weighted by atomic mass is 10.3. The first-order chi connectivity index (χ1) is 10.5. The minimum absolute atomic E-state index is 0.220. The molecule has 0 aliphatic rings. The molecule has 0 unspecified atom stereocenters. The maximum Gasteiger partial charge on any atom is 0.261 e. The number of rotatable bonds is 4. The predicted octanol–water partition coefficient (Wildman–Crippen LogP) is 3.33. The molecule has 3 aromatic rings. The van der Waals surface area contributed by atoms with Crippen molar-refractivity contribution in [2.24, 2.45) is 0 Å². The second-order valence-corrected chi connectivity index (χ2v) is 6.69. The standard InChI is InChI=1S/C15H12ClN3O2S/c16-12-10-17-19(11-12)14-8-6-13(7-9-14)18-22(20,21)15-4-2-1-3-5-15/h1-11,18H. The number of hydrogen-bond acceptors (Lipinski definition) is 3. The summed E-state index contributed by atoms with van der Waals surface area (Å²) in [7, 11) is -3.58. The van der Waals surface area contributed by atoms with Gasteiger partial charge in [-0.3, -0.25) is 4.72 Å². The lowest BCUT2D eigenvalue weighted by Gasteiger charge is -2.09. The quantitative estimate of drug-likeness (QED) is 0.796. The van der Waals surface area contributed by atoms with Crippen LogP contribution in [0.5, 0.6) is 0 Å². The molecular weight excluding hydrogens is 322 g/mol. The summed E-state index contributed by atoms with van der Waals surface area (Å²) in [6.45, 7) is 0. The van der Waals surface area contributed by atoms with Gasteiger partial charge in [0.2, 0.25) is 0 Å². The zero-order chi connectivity index (χ0) is 15.6. The van der Waals surface area contributed by atoms with Gasteiger partial charge < -0.3 is 0 Å². The number of nitrogens with one attached hydrogen (secondary N) is 1. The van der Waals surface area contributed by atoms with Crippen molar-refractivity contribution in [3.63, 3.8) is 0 Å². The van der Waals surface area contributed by atoms with Gasteiger partial charge in [-0.25, -0.2) is 13.1 Å². The van der Waals surface area contributed by atoms with Crippen LogP contribution in [0.3, 0.4) is 0 Å². The molecule has 1 heterocycles. The molecular formula is C15H12ClN3O2S. The van der Waals surface area contributed by atoms with Gasteiger partial charge in [-0.2, -0.15) is 5.10 Å². The molecule has 1 aromatic heterocycles. The van der Waals surface area contributed by atoms with Crippen LogP contribution < -0.4 is 4.72 Å². The van der Waals surface area contributed by atoms with Crippen molar-refractivity contribution < 1.29 is 8.42 Å². The second-order valence-electron chi connectivity index (χ2n) is 4.57. The highest BCUT2D eigenvalue weighted by Gasteiger charge is 2.13. The van der Waals surface area contributed by atoms with Crippen molar-refractivity contribution in [1.29, 1.82) is 0 Å². The van der Waals surface area contributed by atoms with Gasteiger partial charge in [-0.05, 0) is 36.4 Å². The number of sulfonamides is 1. The van der Waals surface area contributed by atoms with Crippen LogP contribution in [0.1, 0.15) is 0 Å². The molecule has 22 heavy (non-hydrogen) atoms. The molecule has 2 aromatic carbocycles. The minimum Gasteiger partial charge on any atom is -0.280 e. The highest BCUT2D eigenvalue weighted by atomic mass is 35.5. The van der Waals surface area contributed by atoms with E-state index in [0.717, 1.165) is 5.69 Å². The van der Waals surface area contributed by atoms with Crippen molar-refractivity contribution in [2.75, 3.05) is 4.72 Å². The summed E-state index contributed by atoms with van der Waals surface area (Å²) in [6.07, 6.45) is 3.21. The van der Waals surface area contributed by atoms with Gasteiger partial charge in [0.1, 0.15) is 0 Å². The van der Waals surface area contributed by atoms with Crippen molar-refractivity contribution in [2.45, 2.75) is 4.90 Å². The van der Waals surface area contributed by atoms with Crippen molar-refractivity contribution in [3.05, 3.63) is 72.0 Å². The van der Waals surface area contributed by atoms with E-state index < -0.39 is 10.0 Å². The van der Waals surface area contributed by atoms with E-state index in [0.29, 0.717) is 10.7 Å². The molecule has 0 atom stereocenters. The number of nitrogens with zero attached hydrogens (tertiary/aromatic N) is 2. The van der Waals surface area contributed by atoms with Crippen LogP contribution in [0.4, 0.5) is 5.69 Å². The Hall–Kier alpha value is -2.31. The third-order valence-corrected chi connectivity index (χ3v) is 4.58. The van der Waals surface area contributed by atoms with E-state index in [2.05, 4.69) is 9.82 Å². The molecule has 0 aliphatic heterocycles. The van der Waals surface area contributed by atoms with E-state index in [-0.39, 0.29) is 4.90 Å². The summed E-state index contributed by atoms with van der Waals surface area (Å²) in [4.78, 5) is 0.220. The van der Waals surface area contributed by atoms with E-state index in [4.69, 9.17) is 11.6 Å². The van der Waals surface area contributed by atoms with Crippen LogP contribution in [0.25, 0.3) is 5.69 Å². The Morgan fingerprint density at radius 1 is 1.00 bits per heavy atom. The van der Waals surface area contributed by atoms with Gasteiger partial charge in [0.05, 0.1) is 21.8 Å². The van der Waals surface area contributed by atoms with Crippen LogP contribution in [0, 0.1) is 0 Å². The third-order valence-electron chi connectivity index (χ3n) is 2.99. The summed E-state index contributed by atoms with van der Waals surface area (Å²) in [5.41, 5.74) is 1.26. The molecule has 0 saturated heterocycles. The molecule has 112 valence electrons. The molecule has 0 fully saturated rings. The number of halogens is 1. The third kappa shape index (κ3) is 3.13. The van der Waals surface area contributed by atoms with Gasteiger partial charge in [-0.1, -0.05) is 29.8 Å². The van der Waals surface area contributed by atoms with Crippen molar-refractivity contribution in [1.82, 2.24) is 9.78 Å². The molecule has 0 spiro atoms. The molecule has 0 bridgehead atoms. The molecule has 7 heteroatoms. The number of aromatic nitrogens is 2.